The Hall–Kier alpha value is -4.91. The molecule has 1 N–H and O–H groups in total. The molecule has 1 amide bonds. The molecule has 1 saturated heterocycles. The number of carbonyl (C=O) groups excluding carboxylic acids is 2. The summed E-state index contributed by atoms with van der Waals surface area (Å²) < 4.78 is 11.4. The van der Waals surface area contributed by atoms with Crippen LogP contribution in [0.5, 0.6) is 11.5 Å². The van der Waals surface area contributed by atoms with E-state index in [1.807, 2.05) is 49.4 Å². The topological polar surface area (TPSA) is 89.0 Å². The number of likely N-dealkylation sites (tertiary alicyclic amines) is 1. The molecular formula is C32H28N2O5. The number of ketones is 1. The molecule has 4 aromatic rings. The maximum atomic E-state index is 13.4. The number of nitrogens with zero attached hydrogens (tertiary/aromatic N) is 2. The van der Waals surface area contributed by atoms with E-state index in [0.717, 1.165) is 11.1 Å². The Labute approximate surface area is 227 Å². The highest BCUT2D eigenvalue weighted by atomic mass is 16.5. The van der Waals surface area contributed by atoms with Gasteiger partial charge in [-0.05, 0) is 66.1 Å². The average molecular weight is 521 g/mol. The summed E-state index contributed by atoms with van der Waals surface area (Å²) in [5.74, 6) is -0.461. The van der Waals surface area contributed by atoms with Crippen LogP contribution >= 0.6 is 0 Å². The van der Waals surface area contributed by atoms with Gasteiger partial charge in [0.15, 0.2) is 0 Å². The normalized spacial score (nSPS) is 16.4. The van der Waals surface area contributed by atoms with Crippen LogP contribution in [0.25, 0.3) is 5.76 Å². The van der Waals surface area contributed by atoms with Crippen LogP contribution in [0.2, 0.25) is 0 Å². The van der Waals surface area contributed by atoms with Crippen molar-refractivity contribution in [2.24, 2.45) is 0 Å². The van der Waals surface area contributed by atoms with E-state index in [4.69, 9.17) is 9.47 Å². The molecule has 0 spiro atoms. The number of ether oxygens (including phenoxy) is 2. The first kappa shape index (κ1) is 25.7. The van der Waals surface area contributed by atoms with E-state index in [1.165, 1.54) is 4.90 Å². The Morgan fingerprint density at radius 1 is 0.949 bits per heavy atom. The van der Waals surface area contributed by atoms with Gasteiger partial charge >= 0.3 is 0 Å². The van der Waals surface area contributed by atoms with E-state index < -0.39 is 17.7 Å². The highest BCUT2D eigenvalue weighted by molar-refractivity contribution is 6.46. The predicted octanol–water partition coefficient (Wildman–Crippen LogP) is 5.60. The first-order valence-corrected chi connectivity index (χ1v) is 12.6. The van der Waals surface area contributed by atoms with Crippen LogP contribution in [0.4, 0.5) is 0 Å². The van der Waals surface area contributed by atoms with Gasteiger partial charge in [-0.2, -0.15) is 0 Å². The number of carbonyl (C=O) groups is 2. The lowest BCUT2D eigenvalue weighted by molar-refractivity contribution is -0.140. The van der Waals surface area contributed by atoms with Gasteiger partial charge in [0.25, 0.3) is 11.7 Å². The Balaban J connectivity index is 1.53. The van der Waals surface area contributed by atoms with Crippen molar-refractivity contribution in [3.63, 3.8) is 0 Å². The molecule has 7 nitrogen and oxygen atoms in total. The van der Waals surface area contributed by atoms with Crippen LogP contribution < -0.4 is 9.47 Å². The molecule has 0 saturated carbocycles. The molecule has 196 valence electrons. The summed E-state index contributed by atoms with van der Waals surface area (Å²) in [7, 11) is 1.55. The number of pyridine rings is 1. The summed E-state index contributed by atoms with van der Waals surface area (Å²) in [5, 5.41) is 11.5. The molecule has 0 radical (unpaired) electrons. The minimum atomic E-state index is -0.823. The molecule has 1 aromatic heterocycles. The van der Waals surface area contributed by atoms with Gasteiger partial charge in [0.1, 0.15) is 23.9 Å². The summed E-state index contributed by atoms with van der Waals surface area (Å²) in [5.41, 5.74) is 3.53. The second-order valence-corrected chi connectivity index (χ2v) is 9.28. The number of aliphatic hydroxyl groups excluding tert-OH is 1. The van der Waals surface area contributed by atoms with Gasteiger partial charge < -0.3 is 19.5 Å². The van der Waals surface area contributed by atoms with Crippen molar-refractivity contribution in [3.8, 4) is 11.5 Å². The standard InChI is InChI=1S/C32H28N2O5/c1-21-17-24(14-15-27(21)39-20-22-9-4-3-5-10-22)30(35)28-29(23-11-8-13-26(18-23)38-2)34(32(37)31(28)36)19-25-12-6-7-16-33-25/h3-18,29,35H,19-20H2,1-2H3/b30-28-. The van der Waals surface area contributed by atoms with E-state index in [1.54, 1.807) is 61.8 Å². The summed E-state index contributed by atoms with van der Waals surface area (Å²) >= 11 is 0. The minimum Gasteiger partial charge on any atom is -0.507 e. The highest BCUT2D eigenvalue weighted by Crippen LogP contribution is 2.41. The first-order chi connectivity index (χ1) is 19.0. The van der Waals surface area contributed by atoms with Crippen molar-refractivity contribution >= 4 is 17.4 Å². The predicted molar refractivity (Wildman–Crippen MR) is 147 cm³/mol. The molecular weight excluding hydrogens is 492 g/mol. The van der Waals surface area contributed by atoms with Crippen molar-refractivity contribution < 1.29 is 24.2 Å². The second-order valence-electron chi connectivity index (χ2n) is 9.28. The lowest BCUT2D eigenvalue weighted by atomic mass is 9.94. The van der Waals surface area contributed by atoms with Gasteiger partial charge in [-0.1, -0.05) is 48.5 Å². The Kier molecular flexibility index (Phi) is 7.41. The fourth-order valence-electron chi connectivity index (χ4n) is 4.72. The number of Topliss-reactive ketones (excluding diaryl/α,β-unsaturated/α-hetero) is 1. The third-order valence-corrected chi connectivity index (χ3v) is 6.69. The number of hydrogen-bond donors (Lipinski definition) is 1. The van der Waals surface area contributed by atoms with Crippen LogP contribution in [0.1, 0.15) is 34.0 Å². The van der Waals surface area contributed by atoms with Crippen LogP contribution in [-0.2, 0) is 22.7 Å². The van der Waals surface area contributed by atoms with Gasteiger partial charge in [0.05, 0.1) is 31.0 Å². The van der Waals surface area contributed by atoms with E-state index in [0.29, 0.717) is 34.9 Å². The molecule has 1 aliphatic heterocycles. The third-order valence-electron chi connectivity index (χ3n) is 6.69. The zero-order chi connectivity index (χ0) is 27.4. The van der Waals surface area contributed by atoms with Gasteiger partial charge in [0, 0.05) is 11.8 Å². The van der Waals surface area contributed by atoms with Crippen molar-refractivity contribution in [2.45, 2.75) is 26.1 Å². The number of aromatic nitrogens is 1. The van der Waals surface area contributed by atoms with Crippen molar-refractivity contribution in [2.75, 3.05) is 7.11 Å². The number of aryl methyl sites for hydroxylation is 1. The maximum absolute atomic E-state index is 13.4. The summed E-state index contributed by atoms with van der Waals surface area (Å²) in [6.45, 7) is 2.38. The SMILES string of the molecule is COc1cccc(C2/C(=C(/O)c3ccc(OCc4ccccc4)c(C)c3)C(=O)C(=O)N2Cc2ccccn2)c1. The van der Waals surface area contributed by atoms with Gasteiger partial charge in [-0.15, -0.1) is 0 Å². The number of aliphatic hydroxyl groups is 1. The zero-order valence-electron chi connectivity index (χ0n) is 21.7. The van der Waals surface area contributed by atoms with Crippen molar-refractivity contribution in [1.82, 2.24) is 9.88 Å². The second kappa shape index (κ2) is 11.2. The van der Waals surface area contributed by atoms with E-state index in [9.17, 15) is 14.7 Å². The molecule has 39 heavy (non-hydrogen) atoms. The third kappa shape index (κ3) is 5.38. The number of hydrogen-bond acceptors (Lipinski definition) is 6. The quantitative estimate of drug-likeness (QED) is 0.185. The Bertz CT molecular complexity index is 1530. The number of rotatable bonds is 8. The molecule has 5 rings (SSSR count). The average Bonchev–Trinajstić information content (AvgIpc) is 3.22. The maximum Gasteiger partial charge on any atom is 0.296 e. The van der Waals surface area contributed by atoms with E-state index in [2.05, 4.69) is 4.98 Å². The number of benzene rings is 3. The molecule has 0 aliphatic carbocycles. The van der Waals surface area contributed by atoms with Crippen molar-refractivity contribution in [1.29, 1.82) is 0 Å². The van der Waals surface area contributed by atoms with Gasteiger partial charge in [-0.3, -0.25) is 14.6 Å². The van der Waals surface area contributed by atoms with Gasteiger partial charge in [0.2, 0.25) is 0 Å². The van der Waals surface area contributed by atoms with Crippen LogP contribution in [0.15, 0.2) is 103 Å². The molecule has 3 aromatic carbocycles. The Morgan fingerprint density at radius 3 is 2.46 bits per heavy atom. The molecule has 7 heteroatoms. The van der Waals surface area contributed by atoms with Gasteiger partial charge in [-0.25, -0.2) is 0 Å². The summed E-state index contributed by atoms with van der Waals surface area (Å²) in [6, 6.07) is 26.8. The largest absolute Gasteiger partial charge is 0.507 e. The summed E-state index contributed by atoms with van der Waals surface area (Å²) in [4.78, 5) is 32.4. The molecule has 2 heterocycles. The van der Waals surface area contributed by atoms with Crippen LogP contribution in [-0.4, -0.2) is 33.8 Å². The number of methoxy groups -OCH3 is 1. The summed E-state index contributed by atoms with van der Waals surface area (Å²) in [6.07, 6.45) is 1.64. The molecule has 1 aliphatic rings. The van der Waals surface area contributed by atoms with E-state index >= 15 is 0 Å². The van der Waals surface area contributed by atoms with Crippen LogP contribution in [0, 0.1) is 6.92 Å². The Morgan fingerprint density at radius 2 is 1.74 bits per heavy atom. The molecule has 1 unspecified atom stereocenters. The number of amides is 1. The lowest BCUT2D eigenvalue weighted by Crippen LogP contribution is -2.29. The fraction of sp³-hybridized carbons (Fsp3) is 0.156. The smallest absolute Gasteiger partial charge is 0.296 e. The van der Waals surface area contributed by atoms with Crippen LogP contribution in [0.3, 0.4) is 0 Å². The highest BCUT2D eigenvalue weighted by Gasteiger charge is 2.46. The molecule has 1 fully saturated rings. The van der Waals surface area contributed by atoms with Crippen molar-refractivity contribution in [3.05, 3.63) is 131 Å². The monoisotopic (exact) mass is 520 g/mol. The fourth-order valence-corrected chi connectivity index (χ4v) is 4.72. The molecule has 1 atom stereocenters. The lowest BCUT2D eigenvalue weighted by Gasteiger charge is -2.25. The molecule has 0 bridgehead atoms. The minimum absolute atomic E-state index is 0.0153. The zero-order valence-corrected chi connectivity index (χ0v) is 21.7. The first-order valence-electron chi connectivity index (χ1n) is 12.6. The van der Waals surface area contributed by atoms with E-state index in [-0.39, 0.29) is 17.9 Å².